The third kappa shape index (κ3) is 4.72. The van der Waals surface area contributed by atoms with Crippen molar-refractivity contribution in [3.05, 3.63) is 23.9 Å². The molecule has 0 spiro atoms. The van der Waals surface area contributed by atoms with Crippen LogP contribution in [0.4, 0.5) is 5.82 Å². The van der Waals surface area contributed by atoms with Gasteiger partial charge < -0.3 is 14.4 Å². The second kappa shape index (κ2) is 8.47. The van der Waals surface area contributed by atoms with Gasteiger partial charge in [0.2, 0.25) is 0 Å². The zero-order chi connectivity index (χ0) is 16.9. The fraction of sp³-hybridized carbons (Fsp3) is 0.750. The zero-order valence-electron chi connectivity index (χ0n) is 15.2. The molecule has 1 aromatic rings. The van der Waals surface area contributed by atoms with Crippen LogP contribution in [-0.2, 0) is 16.0 Å². The topological polar surface area (TPSA) is 37.8 Å². The van der Waals surface area contributed by atoms with E-state index in [-0.39, 0.29) is 0 Å². The summed E-state index contributed by atoms with van der Waals surface area (Å²) in [6.07, 6.45) is 8.56. The molecule has 0 aromatic carbocycles. The normalized spacial score (nSPS) is 25.8. The Bertz CT molecular complexity index is 516. The summed E-state index contributed by atoms with van der Waals surface area (Å²) in [5, 5.41) is 0. The molecule has 4 rings (SSSR count). The van der Waals surface area contributed by atoms with Crippen LogP contribution in [0.3, 0.4) is 0 Å². The van der Waals surface area contributed by atoms with Crippen molar-refractivity contribution in [3.8, 4) is 0 Å². The molecule has 1 aromatic heterocycles. The first-order valence-electron chi connectivity index (χ1n) is 9.98. The van der Waals surface area contributed by atoms with Gasteiger partial charge in [0.1, 0.15) is 5.82 Å². The number of ether oxygens (including phenoxy) is 2. The van der Waals surface area contributed by atoms with Gasteiger partial charge in [0.25, 0.3) is 0 Å². The first kappa shape index (κ1) is 17.3. The SMILES string of the molecule is c1cc(N2CCCC2)ncc1CN1CCC(OC[C@@H]2CCOC2)CC1. The third-order valence-corrected chi connectivity index (χ3v) is 5.77. The monoisotopic (exact) mass is 345 g/mol. The molecule has 1 atom stereocenters. The van der Waals surface area contributed by atoms with E-state index in [9.17, 15) is 0 Å². The van der Waals surface area contributed by atoms with Crippen LogP contribution in [0.1, 0.15) is 37.7 Å². The molecule has 3 aliphatic heterocycles. The van der Waals surface area contributed by atoms with Gasteiger partial charge in [-0.3, -0.25) is 4.90 Å². The van der Waals surface area contributed by atoms with Gasteiger partial charge in [-0.1, -0.05) is 6.07 Å². The van der Waals surface area contributed by atoms with Crippen molar-refractivity contribution >= 4 is 5.82 Å². The first-order valence-corrected chi connectivity index (χ1v) is 9.98. The number of hydrogen-bond donors (Lipinski definition) is 0. The van der Waals surface area contributed by atoms with Crippen molar-refractivity contribution in [1.29, 1.82) is 0 Å². The third-order valence-electron chi connectivity index (χ3n) is 5.77. The summed E-state index contributed by atoms with van der Waals surface area (Å²) in [6, 6.07) is 4.45. The fourth-order valence-electron chi connectivity index (χ4n) is 4.12. The summed E-state index contributed by atoms with van der Waals surface area (Å²) in [4.78, 5) is 9.60. The van der Waals surface area contributed by atoms with Crippen molar-refractivity contribution in [2.24, 2.45) is 5.92 Å². The summed E-state index contributed by atoms with van der Waals surface area (Å²) in [6.45, 7) is 8.26. The van der Waals surface area contributed by atoms with Crippen molar-refractivity contribution in [3.63, 3.8) is 0 Å². The molecule has 0 radical (unpaired) electrons. The Kier molecular flexibility index (Phi) is 5.85. The quantitative estimate of drug-likeness (QED) is 0.792. The van der Waals surface area contributed by atoms with Crippen LogP contribution in [0.5, 0.6) is 0 Å². The van der Waals surface area contributed by atoms with Gasteiger partial charge in [-0.05, 0) is 43.7 Å². The van der Waals surface area contributed by atoms with E-state index in [0.717, 1.165) is 71.2 Å². The number of rotatable bonds is 6. The molecule has 0 saturated carbocycles. The molecule has 5 nitrogen and oxygen atoms in total. The number of anilines is 1. The number of hydrogen-bond acceptors (Lipinski definition) is 5. The Morgan fingerprint density at radius 1 is 1.08 bits per heavy atom. The van der Waals surface area contributed by atoms with E-state index in [1.54, 1.807) is 0 Å². The number of likely N-dealkylation sites (tertiary alicyclic amines) is 1. The van der Waals surface area contributed by atoms with Crippen LogP contribution in [0.2, 0.25) is 0 Å². The molecular weight excluding hydrogens is 314 g/mol. The Morgan fingerprint density at radius 2 is 1.92 bits per heavy atom. The molecule has 0 N–H and O–H groups in total. The van der Waals surface area contributed by atoms with Crippen LogP contribution in [-0.4, -0.2) is 62.0 Å². The first-order chi connectivity index (χ1) is 12.4. The highest BCUT2D eigenvalue weighted by Gasteiger charge is 2.23. The number of pyridine rings is 1. The lowest BCUT2D eigenvalue weighted by Gasteiger charge is -2.32. The molecular formula is C20H31N3O2. The van der Waals surface area contributed by atoms with Crippen molar-refractivity contribution in [2.45, 2.75) is 44.8 Å². The lowest BCUT2D eigenvalue weighted by molar-refractivity contribution is -0.0117. The van der Waals surface area contributed by atoms with E-state index in [2.05, 4.69) is 33.1 Å². The highest BCUT2D eigenvalue weighted by molar-refractivity contribution is 5.40. The minimum absolute atomic E-state index is 0.438. The Morgan fingerprint density at radius 3 is 2.60 bits per heavy atom. The fourth-order valence-corrected chi connectivity index (χ4v) is 4.12. The summed E-state index contributed by atoms with van der Waals surface area (Å²) < 4.78 is 11.5. The van der Waals surface area contributed by atoms with E-state index < -0.39 is 0 Å². The minimum atomic E-state index is 0.438. The van der Waals surface area contributed by atoms with Crippen LogP contribution >= 0.6 is 0 Å². The van der Waals surface area contributed by atoms with Crippen LogP contribution < -0.4 is 4.90 Å². The van der Waals surface area contributed by atoms with E-state index in [4.69, 9.17) is 9.47 Å². The molecule has 0 aliphatic carbocycles. The largest absolute Gasteiger partial charge is 0.381 e. The van der Waals surface area contributed by atoms with Crippen molar-refractivity contribution < 1.29 is 9.47 Å². The van der Waals surface area contributed by atoms with Crippen molar-refractivity contribution in [1.82, 2.24) is 9.88 Å². The summed E-state index contributed by atoms with van der Waals surface area (Å²) in [7, 11) is 0. The zero-order valence-corrected chi connectivity index (χ0v) is 15.2. The van der Waals surface area contributed by atoms with Crippen molar-refractivity contribution in [2.75, 3.05) is 50.9 Å². The maximum atomic E-state index is 6.11. The minimum Gasteiger partial charge on any atom is -0.381 e. The van der Waals surface area contributed by atoms with Crippen LogP contribution in [0.25, 0.3) is 0 Å². The molecule has 3 fully saturated rings. The van der Waals surface area contributed by atoms with Gasteiger partial charge in [-0.2, -0.15) is 0 Å². The molecule has 5 heteroatoms. The standard InChI is InChI=1S/C20H31N3O2/c1-2-9-23(8-1)20-4-3-17(13-21-20)14-22-10-5-19(6-11-22)25-16-18-7-12-24-15-18/h3-4,13,18-19H,1-2,5-12,14-16H2/t18-/m1/s1. The predicted octanol–water partition coefficient (Wildman–Crippen LogP) is 2.70. The van der Waals surface area contributed by atoms with Gasteiger partial charge in [0, 0.05) is 51.4 Å². The molecule has 3 saturated heterocycles. The number of aromatic nitrogens is 1. The molecule has 3 aliphatic rings. The maximum Gasteiger partial charge on any atom is 0.128 e. The van der Waals surface area contributed by atoms with Gasteiger partial charge in [0.05, 0.1) is 19.3 Å². The molecule has 138 valence electrons. The highest BCUT2D eigenvalue weighted by atomic mass is 16.5. The average molecular weight is 345 g/mol. The van der Waals surface area contributed by atoms with Gasteiger partial charge in [-0.15, -0.1) is 0 Å². The Balaban J connectivity index is 1.19. The van der Waals surface area contributed by atoms with Gasteiger partial charge >= 0.3 is 0 Å². The van der Waals surface area contributed by atoms with Gasteiger partial charge in [-0.25, -0.2) is 4.98 Å². The van der Waals surface area contributed by atoms with E-state index in [1.165, 1.54) is 24.8 Å². The Labute approximate surface area is 151 Å². The highest BCUT2D eigenvalue weighted by Crippen LogP contribution is 2.21. The molecule has 0 bridgehead atoms. The summed E-state index contributed by atoms with van der Waals surface area (Å²) >= 11 is 0. The van der Waals surface area contributed by atoms with Crippen LogP contribution in [0.15, 0.2) is 18.3 Å². The lowest BCUT2D eigenvalue weighted by atomic mass is 10.1. The molecule has 0 amide bonds. The predicted molar refractivity (Wildman–Crippen MR) is 98.9 cm³/mol. The number of nitrogens with zero attached hydrogens (tertiary/aromatic N) is 3. The summed E-state index contributed by atoms with van der Waals surface area (Å²) in [5.74, 6) is 1.77. The van der Waals surface area contributed by atoms with E-state index in [0.29, 0.717) is 12.0 Å². The molecule has 0 unspecified atom stereocenters. The average Bonchev–Trinajstić information content (AvgIpc) is 3.36. The number of piperidine rings is 1. The summed E-state index contributed by atoms with van der Waals surface area (Å²) in [5.41, 5.74) is 1.32. The van der Waals surface area contributed by atoms with Crippen LogP contribution in [0, 0.1) is 5.92 Å². The molecule has 25 heavy (non-hydrogen) atoms. The molecule has 4 heterocycles. The maximum absolute atomic E-state index is 6.11. The smallest absolute Gasteiger partial charge is 0.128 e. The second-order valence-corrected chi connectivity index (χ2v) is 7.76. The van der Waals surface area contributed by atoms with E-state index >= 15 is 0 Å². The van der Waals surface area contributed by atoms with E-state index in [1.807, 2.05) is 0 Å². The van der Waals surface area contributed by atoms with Gasteiger partial charge in [0.15, 0.2) is 0 Å². The Hall–Kier alpha value is -1.17. The second-order valence-electron chi connectivity index (χ2n) is 7.76. The lowest BCUT2D eigenvalue weighted by Crippen LogP contribution is -2.37.